The molecule has 1 aromatic carbocycles. The summed E-state index contributed by atoms with van der Waals surface area (Å²) in [5, 5.41) is 6.00. The number of rotatable bonds is 1. The molecule has 82 valence electrons. The SMILES string of the molecule is CC1Nc2ccc(OC(F)(F)F)cc2N1. The van der Waals surface area contributed by atoms with Crippen molar-refractivity contribution in [3.05, 3.63) is 18.2 Å². The van der Waals surface area contributed by atoms with Gasteiger partial charge in [-0.2, -0.15) is 0 Å². The molecule has 0 saturated heterocycles. The molecule has 15 heavy (non-hydrogen) atoms. The van der Waals surface area contributed by atoms with Gasteiger partial charge in [-0.25, -0.2) is 0 Å². The van der Waals surface area contributed by atoms with E-state index in [1.54, 1.807) is 6.07 Å². The summed E-state index contributed by atoms with van der Waals surface area (Å²) >= 11 is 0. The standard InChI is InChI=1S/C9H9F3N2O/c1-5-13-7-3-2-6(4-8(7)14-5)15-9(10,11)12/h2-5,13-14H,1H3. The van der Waals surface area contributed by atoms with Crippen molar-refractivity contribution < 1.29 is 17.9 Å². The molecule has 0 aliphatic carbocycles. The minimum absolute atomic E-state index is 0.0149. The monoisotopic (exact) mass is 218 g/mol. The van der Waals surface area contributed by atoms with Crippen LogP contribution in [0, 0.1) is 0 Å². The molecule has 3 nitrogen and oxygen atoms in total. The number of halogens is 3. The predicted molar refractivity (Wildman–Crippen MR) is 49.8 cm³/mol. The van der Waals surface area contributed by atoms with Crippen LogP contribution in [0.5, 0.6) is 5.75 Å². The van der Waals surface area contributed by atoms with Crippen LogP contribution in [-0.4, -0.2) is 12.5 Å². The fourth-order valence-electron chi connectivity index (χ4n) is 1.47. The molecule has 6 heteroatoms. The molecule has 0 amide bonds. The molecule has 1 atom stereocenters. The fourth-order valence-corrected chi connectivity index (χ4v) is 1.47. The van der Waals surface area contributed by atoms with Crippen molar-refractivity contribution in [1.82, 2.24) is 0 Å². The van der Waals surface area contributed by atoms with E-state index in [1.165, 1.54) is 12.1 Å². The lowest BCUT2D eigenvalue weighted by Gasteiger charge is -2.09. The Balaban J connectivity index is 2.20. The second-order valence-electron chi connectivity index (χ2n) is 3.27. The van der Waals surface area contributed by atoms with Gasteiger partial charge in [-0.05, 0) is 19.1 Å². The molecule has 0 spiro atoms. The number of alkyl halides is 3. The average Bonchev–Trinajstić information content (AvgIpc) is 2.40. The third-order valence-corrected chi connectivity index (χ3v) is 1.97. The van der Waals surface area contributed by atoms with E-state index in [4.69, 9.17) is 0 Å². The second-order valence-corrected chi connectivity index (χ2v) is 3.27. The van der Waals surface area contributed by atoms with Gasteiger partial charge in [-0.15, -0.1) is 13.2 Å². The van der Waals surface area contributed by atoms with Gasteiger partial charge in [0.25, 0.3) is 0 Å². The summed E-state index contributed by atoms with van der Waals surface area (Å²) in [5.41, 5.74) is 1.39. The molecule has 2 rings (SSSR count). The van der Waals surface area contributed by atoms with Gasteiger partial charge in [-0.3, -0.25) is 0 Å². The Morgan fingerprint density at radius 1 is 1.20 bits per heavy atom. The van der Waals surface area contributed by atoms with E-state index in [0.29, 0.717) is 5.69 Å². The number of benzene rings is 1. The Labute approximate surface area is 84.2 Å². The largest absolute Gasteiger partial charge is 0.573 e. The maximum Gasteiger partial charge on any atom is 0.573 e. The lowest BCUT2D eigenvalue weighted by atomic mass is 10.2. The lowest BCUT2D eigenvalue weighted by molar-refractivity contribution is -0.274. The minimum atomic E-state index is -4.65. The zero-order valence-electron chi connectivity index (χ0n) is 7.85. The van der Waals surface area contributed by atoms with Crippen LogP contribution in [0.2, 0.25) is 0 Å². The summed E-state index contributed by atoms with van der Waals surface area (Å²) < 4.78 is 39.5. The Morgan fingerprint density at radius 3 is 2.53 bits per heavy atom. The third-order valence-electron chi connectivity index (χ3n) is 1.97. The molecule has 1 heterocycles. The molecule has 0 radical (unpaired) electrons. The summed E-state index contributed by atoms with van der Waals surface area (Å²) in [7, 11) is 0. The van der Waals surface area contributed by atoms with Crippen LogP contribution in [-0.2, 0) is 0 Å². The predicted octanol–water partition coefficient (Wildman–Crippen LogP) is 2.77. The molecule has 2 N–H and O–H groups in total. The first-order chi connectivity index (χ1) is 6.94. The summed E-state index contributed by atoms with van der Waals surface area (Å²) in [6, 6.07) is 4.14. The smallest absolute Gasteiger partial charge is 0.406 e. The molecule has 0 saturated carbocycles. The number of nitrogens with one attached hydrogen (secondary N) is 2. The average molecular weight is 218 g/mol. The highest BCUT2D eigenvalue weighted by Gasteiger charge is 2.31. The molecule has 1 aliphatic rings. The number of ether oxygens (including phenoxy) is 1. The molecule has 1 aromatic rings. The fraction of sp³-hybridized carbons (Fsp3) is 0.333. The van der Waals surface area contributed by atoms with Gasteiger partial charge in [0, 0.05) is 6.07 Å². The van der Waals surface area contributed by atoms with E-state index in [2.05, 4.69) is 15.4 Å². The van der Waals surface area contributed by atoms with Gasteiger partial charge >= 0.3 is 6.36 Å². The van der Waals surface area contributed by atoms with Crippen LogP contribution in [0.1, 0.15) is 6.92 Å². The zero-order chi connectivity index (χ0) is 11.1. The Morgan fingerprint density at radius 2 is 1.87 bits per heavy atom. The lowest BCUT2D eigenvalue weighted by Crippen LogP contribution is -2.17. The van der Waals surface area contributed by atoms with Crippen molar-refractivity contribution in [2.45, 2.75) is 19.5 Å². The molecule has 1 unspecified atom stereocenters. The summed E-state index contributed by atoms with van der Waals surface area (Å²) in [6.07, 6.45) is -4.63. The molecule has 0 fully saturated rings. The maximum absolute atomic E-state index is 11.9. The van der Waals surface area contributed by atoms with Crippen molar-refractivity contribution in [1.29, 1.82) is 0 Å². The molecule has 0 aromatic heterocycles. The van der Waals surface area contributed by atoms with Gasteiger partial charge in [0.05, 0.1) is 17.5 Å². The highest BCUT2D eigenvalue weighted by molar-refractivity contribution is 5.75. The van der Waals surface area contributed by atoms with Crippen molar-refractivity contribution in [3.63, 3.8) is 0 Å². The first-order valence-electron chi connectivity index (χ1n) is 4.37. The molecule has 1 aliphatic heterocycles. The Bertz CT molecular complexity index is 378. The molecule has 0 bridgehead atoms. The highest BCUT2D eigenvalue weighted by atomic mass is 19.4. The van der Waals surface area contributed by atoms with Gasteiger partial charge in [0.15, 0.2) is 0 Å². The molecular weight excluding hydrogens is 209 g/mol. The van der Waals surface area contributed by atoms with Crippen LogP contribution >= 0.6 is 0 Å². The number of fused-ring (bicyclic) bond motifs is 1. The van der Waals surface area contributed by atoms with Gasteiger partial charge in [0.1, 0.15) is 5.75 Å². The topological polar surface area (TPSA) is 33.3 Å². The number of hydrogen-bond donors (Lipinski definition) is 2. The van der Waals surface area contributed by atoms with Crippen LogP contribution in [0.15, 0.2) is 18.2 Å². The summed E-state index contributed by atoms with van der Waals surface area (Å²) in [6.45, 7) is 1.87. The van der Waals surface area contributed by atoms with E-state index in [1.807, 2.05) is 6.92 Å². The zero-order valence-corrected chi connectivity index (χ0v) is 7.85. The Kier molecular flexibility index (Phi) is 2.13. The van der Waals surface area contributed by atoms with E-state index in [-0.39, 0.29) is 11.9 Å². The van der Waals surface area contributed by atoms with Gasteiger partial charge < -0.3 is 15.4 Å². The van der Waals surface area contributed by atoms with E-state index in [0.717, 1.165) is 5.69 Å². The first-order valence-corrected chi connectivity index (χ1v) is 4.37. The summed E-state index contributed by atoms with van der Waals surface area (Å²) in [5.74, 6) is -0.218. The highest BCUT2D eigenvalue weighted by Crippen LogP contribution is 2.34. The third kappa shape index (κ3) is 2.26. The number of hydrogen-bond acceptors (Lipinski definition) is 3. The first kappa shape index (κ1) is 9.95. The summed E-state index contributed by atoms with van der Waals surface area (Å²) in [4.78, 5) is 0. The van der Waals surface area contributed by atoms with Gasteiger partial charge in [0.2, 0.25) is 0 Å². The van der Waals surface area contributed by atoms with Crippen molar-refractivity contribution in [2.75, 3.05) is 10.6 Å². The van der Waals surface area contributed by atoms with Gasteiger partial charge in [-0.1, -0.05) is 0 Å². The van der Waals surface area contributed by atoms with Crippen LogP contribution in [0.4, 0.5) is 24.5 Å². The van der Waals surface area contributed by atoms with E-state index >= 15 is 0 Å². The van der Waals surface area contributed by atoms with Crippen molar-refractivity contribution >= 4 is 11.4 Å². The number of anilines is 2. The van der Waals surface area contributed by atoms with Crippen molar-refractivity contribution in [3.8, 4) is 5.75 Å². The second kappa shape index (κ2) is 3.22. The van der Waals surface area contributed by atoms with Crippen molar-refractivity contribution in [2.24, 2.45) is 0 Å². The van der Waals surface area contributed by atoms with Crippen LogP contribution in [0.3, 0.4) is 0 Å². The quantitative estimate of drug-likeness (QED) is 0.760. The van der Waals surface area contributed by atoms with Crippen LogP contribution < -0.4 is 15.4 Å². The van der Waals surface area contributed by atoms with E-state index < -0.39 is 6.36 Å². The maximum atomic E-state index is 11.9. The minimum Gasteiger partial charge on any atom is -0.406 e. The molecular formula is C9H9F3N2O. The van der Waals surface area contributed by atoms with Crippen LogP contribution in [0.25, 0.3) is 0 Å². The normalized spacial score (nSPS) is 19.1. The Hall–Kier alpha value is -1.59. The van der Waals surface area contributed by atoms with E-state index in [9.17, 15) is 13.2 Å².